The molecule has 92 valence electrons. The third kappa shape index (κ3) is 2.79. The van der Waals surface area contributed by atoms with Crippen LogP contribution < -0.4 is 11.3 Å². The van der Waals surface area contributed by atoms with Crippen molar-refractivity contribution in [2.45, 2.75) is 31.6 Å². The smallest absolute Gasteiger partial charge is 0.236 e. The van der Waals surface area contributed by atoms with E-state index < -0.39 is 5.95 Å². The van der Waals surface area contributed by atoms with Crippen LogP contribution in [0.2, 0.25) is 0 Å². The van der Waals surface area contributed by atoms with Gasteiger partial charge in [0.15, 0.2) is 0 Å². The molecule has 1 aromatic heterocycles. The maximum absolute atomic E-state index is 13.0. The van der Waals surface area contributed by atoms with E-state index in [2.05, 4.69) is 10.4 Å². The second kappa shape index (κ2) is 5.23. The molecule has 0 spiro atoms. The van der Waals surface area contributed by atoms with Crippen molar-refractivity contribution in [1.29, 1.82) is 0 Å². The summed E-state index contributed by atoms with van der Waals surface area (Å²) in [7, 11) is 0. The Labute approximate surface area is 99.4 Å². The zero-order valence-electron chi connectivity index (χ0n) is 9.53. The van der Waals surface area contributed by atoms with Crippen LogP contribution in [0.5, 0.6) is 0 Å². The standard InChI is InChI=1S/C12H16FN3O/c13-11-3-1-2-10(15-11)8-4-6-9(7-5-8)12(17)16-14/h1-3,8-9H,4-7,14H2,(H,16,17). The monoisotopic (exact) mass is 237 g/mol. The van der Waals surface area contributed by atoms with E-state index in [1.54, 1.807) is 6.07 Å². The Hall–Kier alpha value is -1.49. The Morgan fingerprint density at radius 3 is 2.65 bits per heavy atom. The quantitative estimate of drug-likeness (QED) is 0.354. The first-order valence-electron chi connectivity index (χ1n) is 5.83. The molecule has 0 aromatic carbocycles. The maximum Gasteiger partial charge on any atom is 0.236 e. The Morgan fingerprint density at radius 2 is 2.06 bits per heavy atom. The zero-order valence-corrected chi connectivity index (χ0v) is 9.53. The first kappa shape index (κ1) is 12.0. The van der Waals surface area contributed by atoms with E-state index in [1.807, 2.05) is 6.07 Å². The van der Waals surface area contributed by atoms with Gasteiger partial charge in [0, 0.05) is 17.5 Å². The van der Waals surface area contributed by atoms with Crippen molar-refractivity contribution in [1.82, 2.24) is 10.4 Å². The molecule has 1 aliphatic rings. The van der Waals surface area contributed by atoms with E-state index in [9.17, 15) is 9.18 Å². The highest BCUT2D eigenvalue weighted by atomic mass is 19.1. The number of carbonyl (C=O) groups excluding carboxylic acids is 1. The summed E-state index contributed by atoms with van der Waals surface area (Å²) in [5.41, 5.74) is 2.97. The number of hydrazine groups is 1. The Kier molecular flexibility index (Phi) is 3.68. The van der Waals surface area contributed by atoms with Crippen LogP contribution in [-0.2, 0) is 4.79 Å². The summed E-state index contributed by atoms with van der Waals surface area (Å²) in [5.74, 6) is 4.81. The molecule has 0 bridgehead atoms. The summed E-state index contributed by atoms with van der Waals surface area (Å²) in [5, 5.41) is 0. The number of nitrogens with two attached hydrogens (primary N) is 1. The molecule has 17 heavy (non-hydrogen) atoms. The molecule has 0 aliphatic heterocycles. The minimum Gasteiger partial charge on any atom is -0.294 e. The second-order valence-electron chi connectivity index (χ2n) is 4.44. The molecule has 5 heteroatoms. The number of aromatic nitrogens is 1. The summed E-state index contributed by atoms with van der Waals surface area (Å²) >= 11 is 0. The fourth-order valence-electron chi connectivity index (χ4n) is 2.42. The highest BCUT2D eigenvalue weighted by molar-refractivity contribution is 5.78. The number of hydrogen-bond acceptors (Lipinski definition) is 3. The van der Waals surface area contributed by atoms with Crippen LogP contribution in [0.15, 0.2) is 18.2 Å². The fraction of sp³-hybridized carbons (Fsp3) is 0.500. The number of amides is 1. The maximum atomic E-state index is 13.0. The molecule has 3 N–H and O–H groups in total. The minimum absolute atomic E-state index is 0.00944. The van der Waals surface area contributed by atoms with Gasteiger partial charge in [-0.05, 0) is 37.8 Å². The Balaban J connectivity index is 1.97. The highest BCUT2D eigenvalue weighted by Crippen LogP contribution is 2.34. The molecule has 1 aromatic rings. The lowest BCUT2D eigenvalue weighted by Crippen LogP contribution is -2.37. The molecule has 4 nitrogen and oxygen atoms in total. The Morgan fingerprint density at radius 1 is 1.35 bits per heavy atom. The van der Waals surface area contributed by atoms with Crippen molar-refractivity contribution in [3.8, 4) is 0 Å². The van der Waals surface area contributed by atoms with Crippen LogP contribution in [0.25, 0.3) is 0 Å². The van der Waals surface area contributed by atoms with Crippen LogP contribution in [-0.4, -0.2) is 10.9 Å². The summed E-state index contributed by atoms with van der Waals surface area (Å²) in [4.78, 5) is 15.2. The van der Waals surface area contributed by atoms with Gasteiger partial charge in [0.25, 0.3) is 0 Å². The lowest BCUT2D eigenvalue weighted by Gasteiger charge is -2.26. The van der Waals surface area contributed by atoms with Gasteiger partial charge in [-0.15, -0.1) is 0 Å². The van der Waals surface area contributed by atoms with Crippen molar-refractivity contribution >= 4 is 5.91 Å². The molecule has 0 radical (unpaired) electrons. The summed E-state index contributed by atoms with van der Waals surface area (Å²) < 4.78 is 13.0. The summed E-state index contributed by atoms with van der Waals surface area (Å²) in [6.45, 7) is 0. The lowest BCUT2D eigenvalue weighted by atomic mass is 9.80. The van der Waals surface area contributed by atoms with Gasteiger partial charge in [-0.1, -0.05) is 6.07 Å². The predicted molar refractivity (Wildman–Crippen MR) is 61.2 cm³/mol. The molecule has 1 aliphatic carbocycles. The number of rotatable bonds is 2. The molecule has 0 atom stereocenters. The summed E-state index contributed by atoms with van der Waals surface area (Å²) in [6.07, 6.45) is 3.28. The zero-order chi connectivity index (χ0) is 12.3. The Bertz CT molecular complexity index is 402. The van der Waals surface area contributed by atoms with Gasteiger partial charge >= 0.3 is 0 Å². The van der Waals surface area contributed by atoms with E-state index in [0.29, 0.717) is 0 Å². The molecule has 2 rings (SSSR count). The highest BCUT2D eigenvalue weighted by Gasteiger charge is 2.27. The average molecular weight is 237 g/mol. The largest absolute Gasteiger partial charge is 0.294 e. The molecular weight excluding hydrogens is 221 g/mol. The first-order valence-corrected chi connectivity index (χ1v) is 5.83. The normalized spacial score (nSPS) is 24.4. The van der Waals surface area contributed by atoms with Gasteiger partial charge in [-0.3, -0.25) is 10.2 Å². The van der Waals surface area contributed by atoms with Crippen molar-refractivity contribution in [2.75, 3.05) is 0 Å². The third-order valence-electron chi connectivity index (χ3n) is 3.40. The van der Waals surface area contributed by atoms with Gasteiger partial charge in [0.05, 0.1) is 0 Å². The molecule has 1 amide bonds. The van der Waals surface area contributed by atoms with Crippen LogP contribution >= 0.6 is 0 Å². The fourth-order valence-corrected chi connectivity index (χ4v) is 2.42. The summed E-state index contributed by atoms with van der Waals surface area (Å²) in [6, 6.07) is 4.87. The van der Waals surface area contributed by atoms with Crippen LogP contribution in [0.4, 0.5) is 4.39 Å². The lowest BCUT2D eigenvalue weighted by molar-refractivity contribution is -0.126. The number of halogens is 1. The van der Waals surface area contributed by atoms with E-state index in [1.165, 1.54) is 6.07 Å². The third-order valence-corrected chi connectivity index (χ3v) is 3.40. The molecule has 1 heterocycles. The molecule has 0 unspecified atom stereocenters. The van der Waals surface area contributed by atoms with E-state index in [4.69, 9.17) is 5.84 Å². The SMILES string of the molecule is NNC(=O)C1CCC(c2cccc(F)n2)CC1. The number of carbonyl (C=O) groups is 1. The molecule has 0 saturated heterocycles. The van der Waals surface area contributed by atoms with Crippen LogP contribution in [0.3, 0.4) is 0 Å². The minimum atomic E-state index is -0.440. The number of nitrogens with one attached hydrogen (secondary N) is 1. The van der Waals surface area contributed by atoms with Crippen molar-refractivity contribution < 1.29 is 9.18 Å². The van der Waals surface area contributed by atoms with Gasteiger partial charge < -0.3 is 0 Å². The average Bonchev–Trinajstić information content (AvgIpc) is 2.38. The number of pyridine rings is 1. The van der Waals surface area contributed by atoms with E-state index in [-0.39, 0.29) is 17.7 Å². The van der Waals surface area contributed by atoms with Crippen molar-refractivity contribution in [2.24, 2.45) is 11.8 Å². The van der Waals surface area contributed by atoms with Crippen LogP contribution in [0.1, 0.15) is 37.3 Å². The van der Waals surface area contributed by atoms with Gasteiger partial charge in [0.1, 0.15) is 0 Å². The molecule has 1 saturated carbocycles. The molecular formula is C12H16FN3O. The molecule has 1 fully saturated rings. The number of hydrogen-bond donors (Lipinski definition) is 2. The van der Waals surface area contributed by atoms with Crippen molar-refractivity contribution in [3.63, 3.8) is 0 Å². The van der Waals surface area contributed by atoms with Crippen molar-refractivity contribution in [3.05, 3.63) is 29.8 Å². The van der Waals surface area contributed by atoms with Gasteiger partial charge in [-0.2, -0.15) is 4.39 Å². The van der Waals surface area contributed by atoms with E-state index >= 15 is 0 Å². The first-order chi connectivity index (χ1) is 8.20. The van der Waals surface area contributed by atoms with Crippen LogP contribution in [0, 0.1) is 11.9 Å². The second-order valence-corrected chi connectivity index (χ2v) is 4.44. The predicted octanol–water partition coefficient (Wildman–Crippen LogP) is 1.48. The van der Waals surface area contributed by atoms with Gasteiger partial charge in [0.2, 0.25) is 11.9 Å². The topological polar surface area (TPSA) is 68.0 Å². The number of nitrogens with zero attached hydrogens (tertiary/aromatic N) is 1. The van der Waals surface area contributed by atoms with E-state index in [0.717, 1.165) is 31.4 Å². The van der Waals surface area contributed by atoms with Gasteiger partial charge in [-0.25, -0.2) is 10.8 Å².